The van der Waals surface area contributed by atoms with Crippen molar-refractivity contribution in [2.75, 3.05) is 6.73 Å². The minimum absolute atomic E-state index is 0.0330. The van der Waals surface area contributed by atoms with E-state index in [2.05, 4.69) is 6.07 Å². The Kier molecular flexibility index (Phi) is 5.01. The lowest BCUT2D eigenvalue weighted by molar-refractivity contribution is -0.136. The molecule has 4 aromatic carbocycles. The van der Waals surface area contributed by atoms with Crippen molar-refractivity contribution in [3.63, 3.8) is 0 Å². The maximum absolute atomic E-state index is 14.0. The summed E-state index contributed by atoms with van der Waals surface area (Å²) >= 11 is 0. The number of benzene rings is 4. The monoisotopic (exact) mass is 435 g/mol. The zero-order chi connectivity index (χ0) is 23.2. The number of allylic oxidation sites excluding steroid dienone is 1. The summed E-state index contributed by atoms with van der Waals surface area (Å²) in [5.74, 6) is 0.253. The Bertz CT molecular complexity index is 1430. The van der Waals surface area contributed by atoms with E-state index in [-0.39, 0.29) is 18.4 Å². The van der Waals surface area contributed by atoms with Gasteiger partial charge in [-0.2, -0.15) is 0 Å². The quantitative estimate of drug-likeness (QED) is 0.283. The Labute approximate surface area is 193 Å². The van der Waals surface area contributed by atoms with Gasteiger partial charge in [0.2, 0.25) is 0 Å². The number of hydrogen-bond donors (Lipinski definition) is 0. The van der Waals surface area contributed by atoms with Crippen molar-refractivity contribution in [3.05, 3.63) is 102 Å². The molecule has 0 saturated carbocycles. The van der Waals surface area contributed by atoms with Crippen molar-refractivity contribution in [3.8, 4) is 0 Å². The molecular formula is C29H25NO3. The minimum Gasteiger partial charge on any atom is -0.477 e. The lowest BCUT2D eigenvalue weighted by Gasteiger charge is -2.40. The standard InChI is InChI=1S/C29H25NO3/c1-19-26(20-11-5-4-6-12-20)28(32)30(18-33-19)29(2,3)27(31)25-17-21-13-7-8-14-22(21)23-15-9-10-16-24(23)25/h4-17H,18H2,1-3H3. The largest absolute Gasteiger partial charge is 0.477 e. The Morgan fingerprint density at radius 3 is 2.18 bits per heavy atom. The molecule has 0 bridgehead atoms. The third-order valence-corrected chi connectivity index (χ3v) is 6.53. The second-order valence-corrected chi connectivity index (χ2v) is 8.88. The smallest absolute Gasteiger partial charge is 0.261 e. The highest BCUT2D eigenvalue weighted by Gasteiger charge is 2.43. The summed E-state index contributed by atoms with van der Waals surface area (Å²) < 4.78 is 5.89. The second kappa shape index (κ2) is 7.89. The van der Waals surface area contributed by atoms with Crippen molar-refractivity contribution in [1.29, 1.82) is 0 Å². The highest BCUT2D eigenvalue weighted by molar-refractivity contribution is 6.24. The molecule has 0 aliphatic carbocycles. The average molecular weight is 436 g/mol. The molecule has 1 aliphatic rings. The average Bonchev–Trinajstić information content (AvgIpc) is 2.83. The molecule has 0 saturated heterocycles. The van der Waals surface area contributed by atoms with Crippen LogP contribution in [0.3, 0.4) is 0 Å². The van der Waals surface area contributed by atoms with Crippen LogP contribution in [0.2, 0.25) is 0 Å². The summed E-state index contributed by atoms with van der Waals surface area (Å²) in [7, 11) is 0. The molecule has 5 rings (SSSR count). The molecule has 1 amide bonds. The Morgan fingerprint density at radius 1 is 0.848 bits per heavy atom. The van der Waals surface area contributed by atoms with Crippen LogP contribution in [0.5, 0.6) is 0 Å². The highest BCUT2D eigenvalue weighted by atomic mass is 16.5. The van der Waals surface area contributed by atoms with Gasteiger partial charge in [0.25, 0.3) is 5.91 Å². The van der Waals surface area contributed by atoms with Gasteiger partial charge in [-0.05, 0) is 53.9 Å². The van der Waals surface area contributed by atoms with Crippen molar-refractivity contribution < 1.29 is 14.3 Å². The van der Waals surface area contributed by atoms with E-state index in [1.165, 1.54) is 4.90 Å². The van der Waals surface area contributed by atoms with Crippen molar-refractivity contribution in [1.82, 2.24) is 4.90 Å². The van der Waals surface area contributed by atoms with Gasteiger partial charge in [0.15, 0.2) is 12.5 Å². The zero-order valence-corrected chi connectivity index (χ0v) is 19.0. The van der Waals surface area contributed by atoms with Crippen LogP contribution in [0.4, 0.5) is 0 Å². The predicted octanol–water partition coefficient (Wildman–Crippen LogP) is 6.20. The molecule has 0 N–H and O–H groups in total. The molecule has 33 heavy (non-hydrogen) atoms. The molecular weight excluding hydrogens is 410 g/mol. The number of carbonyl (C=O) groups is 2. The van der Waals surface area contributed by atoms with Gasteiger partial charge in [-0.3, -0.25) is 14.5 Å². The Morgan fingerprint density at radius 2 is 1.45 bits per heavy atom. The van der Waals surface area contributed by atoms with Gasteiger partial charge in [0.05, 0.1) is 5.57 Å². The van der Waals surface area contributed by atoms with Crippen LogP contribution in [0.15, 0.2) is 90.7 Å². The van der Waals surface area contributed by atoms with Crippen LogP contribution in [0, 0.1) is 0 Å². The second-order valence-electron chi connectivity index (χ2n) is 8.88. The SMILES string of the molecule is CC1=C(c2ccccc2)C(=O)N(C(C)(C)C(=O)c2cc3ccccc3c3ccccc23)CO1. The maximum Gasteiger partial charge on any atom is 0.261 e. The summed E-state index contributed by atoms with van der Waals surface area (Å²) in [6, 6.07) is 27.4. The van der Waals surface area contributed by atoms with Gasteiger partial charge >= 0.3 is 0 Å². The normalized spacial score (nSPS) is 14.6. The molecule has 1 aliphatic heterocycles. The summed E-state index contributed by atoms with van der Waals surface area (Å²) in [5, 5.41) is 4.01. The first-order valence-electron chi connectivity index (χ1n) is 11.1. The zero-order valence-electron chi connectivity index (χ0n) is 19.0. The third kappa shape index (κ3) is 3.39. The number of amides is 1. The maximum atomic E-state index is 14.0. The first-order chi connectivity index (χ1) is 15.9. The van der Waals surface area contributed by atoms with Crippen LogP contribution in [0.25, 0.3) is 27.1 Å². The Hall–Kier alpha value is -3.92. The van der Waals surface area contributed by atoms with Crippen LogP contribution in [0.1, 0.15) is 36.7 Å². The minimum atomic E-state index is -1.11. The predicted molar refractivity (Wildman–Crippen MR) is 132 cm³/mol. The fourth-order valence-electron chi connectivity index (χ4n) is 4.62. The fourth-order valence-corrected chi connectivity index (χ4v) is 4.62. The number of ketones is 1. The van der Waals surface area contributed by atoms with Crippen molar-refractivity contribution >= 4 is 38.8 Å². The summed E-state index contributed by atoms with van der Waals surface area (Å²) in [6.07, 6.45) is 0. The molecule has 0 aromatic heterocycles. The molecule has 0 atom stereocenters. The van der Waals surface area contributed by atoms with Gasteiger partial charge in [0.1, 0.15) is 11.3 Å². The van der Waals surface area contributed by atoms with Crippen LogP contribution < -0.4 is 0 Å². The van der Waals surface area contributed by atoms with Crippen LogP contribution in [-0.4, -0.2) is 28.9 Å². The molecule has 4 nitrogen and oxygen atoms in total. The van der Waals surface area contributed by atoms with E-state index in [1.807, 2.05) is 78.9 Å². The van der Waals surface area contributed by atoms with E-state index in [0.717, 1.165) is 27.1 Å². The van der Waals surface area contributed by atoms with E-state index in [9.17, 15) is 9.59 Å². The number of rotatable bonds is 4. The van der Waals surface area contributed by atoms with E-state index >= 15 is 0 Å². The molecule has 0 unspecified atom stereocenters. The van der Waals surface area contributed by atoms with E-state index in [1.54, 1.807) is 20.8 Å². The van der Waals surface area contributed by atoms with Gasteiger partial charge in [-0.15, -0.1) is 0 Å². The van der Waals surface area contributed by atoms with E-state index < -0.39 is 5.54 Å². The summed E-state index contributed by atoms with van der Waals surface area (Å²) in [5.41, 5.74) is 0.771. The molecule has 0 radical (unpaired) electrons. The summed E-state index contributed by atoms with van der Waals surface area (Å²) in [4.78, 5) is 29.2. The number of nitrogens with zero attached hydrogens (tertiary/aromatic N) is 1. The van der Waals surface area contributed by atoms with Gasteiger partial charge in [0, 0.05) is 5.56 Å². The third-order valence-electron chi connectivity index (χ3n) is 6.53. The molecule has 4 aromatic rings. The number of Topliss-reactive ketones (excluding diaryl/α,β-unsaturated/α-hetero) is 1. The number of carbonyl (C=O) groups excluding carboxylic acids is 2. The van der Waals surface area contributed by atoms with Gasteiger partial charge in [-0.25, -0.2) is 0 Å². The van der Waals surface area contributed by atoms with E-state index in [0.29, 0.717) is 16.9 Å². The first kappa shape index (κ1) is 21.0. The highest BCUT2D eigenvalue weighted by Crippen LogP contribution is 2.35. The van der Waals surface area contributed by atoms with Crippen molar-refractivity contribution in [2.45, 2.75) is 26.3 Å². The molecule has 0 fully saturated rings. The number of ether oxygens (including phenoxy) is 1. The molecule has 1 heterocycles. The van der Waals surface area contributed by atoms with Gasteiger partial charge in [-0.1, -0.05) is 78.9 Å². The van der Waals surface area contributed by atoms with Crippen LogP contribution >= 0.6 is 0 Å². The first-order valence-corrected chi connectivity index (χ1v) is 11.1. The lowest BCUT2D eigenvalue weighted by Crippen LogP contribution is -2.55. The number of hydrogen-bond acceptors (Lipinski definition) is 3. The fraction of sp³-hybridized carbons (Fsp3) is 0.172. The van der Waals surface area contributed by atoms with Crippen LogP contribution in [-0.2, 0) is 9.53 Å². The Balaban J connectivity index is 1.60. The van der Waals surface area contributed by atoms with Gasteiger partial charge < -0.3 is 4.74 Å². The van der Waals surface area contributed by atoms with Crippen molar-refractivity contribution in [2.24, 2.45) is 0 Å². The molecule has 4 heteroatoms. The lowest BCUT2D eigenvalue weighted by atomic mass is 9.86. The topological polar surface area (TPSA) is 46.6 Å². The molecule has 0 spiro atoms. The van der Waals surface area contributed by atoms with E-state index in [4.69, 9.17) is 4.74 Å². The number of fused-ring (bicyclic) bond motifs is 3. The molecule has 164 valence electrons. The summed E-state index contributed by atoms with van der Waals surface area (Å²) in [6.45, 7) is 5.42.